The molecule has 1 aromatic rings. The molecule has 2 N–H and O–H groups in total. The van der Waals surface area contributed by atoms with E-state index in [-0.39, 0.29) is 0 Å². The van der Waals surface area contributed by atoms with Crippen LogP contribution in [0.2, 0.25) is 0 Å². The van der Waals surface area contributed by atoms with Crippen molar-refractivity contribution in [3.63, 3.8) is 0 Å². The lowest BCUT2D eigenvalue weighted by Crippen LogP contribution is -2.45. The number of likely N-dealkylation sites (tertiary alicyclic amines) is 1. The first-order valence-electron chi connectivity index (χ1n) is 6.30. The average Bonchev–Trinajstić information content (AvgIpc) is 2.56. The topological polar surface area (TPSA) is 29.3 Å². The number of hydrogen-bond donors (Lipinski definition) is 1. The third-order valence-electron chi connectivity index (χ3n) is 4.38. The molecule has 1 unspecified atom stereocenters. The second-order valence-electron chi connectivity index (χ2n) is 5.48. The molecule has 0 bridgehead atoms. The number of benzene rings is 1. The van der Waals surface area contributed by atoms with Crippen LogP contribution in [0, 0.1) is 5.41 Å². The molecule has 1 atom stereocenters. The van der Waals surface area contributed by atoms with Gasteiger partial charge in [0.2, 0.25) is 0 Å². The number of rotatable bonds is 2. The summed E-state index contributed by atoms with van der Waals surface area (Å²) in [4.78, 5) is 2.53. The van der Waals surface area contributed by atoms with Gasteiger partial charge >= 0.3 is 0 Å². The molecule has 1 heterocycles. The van der Waals surface area contributed by atoms with E-state index in [4.69, 9.17) is 5.73 Å². The molecule has 2 aliphatic rings. The molecule has 0 radical (unpaired) electrons. The molecule has 2 heteroatoms. The maximum Gasteiger partial charge on any atom is 0.0237 e. The number of nitrogens with zero attached hydrogens (tertiary/aromatic N) is 1. The summed E-state index contributed by atoms with van der Waals surface area (Å²) in [6, 6.07) is 11.1. The van der Waals surface area contributed by atoms with Gasteiger partial charge in [-0.05, 0) is 23.8 Å². The maximum absolute atomic E-state index is 6.28. The van der Waals surface area contributed by atoms with Crippen molar-refractivity contribution in [2.24, 2.45) is 11.1 Å². The molecule has 1 saturated heterocycles. The van der Waals surface area contributed by atoms with Crippen LogP contribution in [-0.2, 0) is 6.54 Å². The first kappa shape index (κ1) is 10.3. The van der Waals surface area contributed by atoms with E-state index in [1.165, 1.54) is 31.4 Å². The summed E-state index contributed by atoms with van der Waals surface area (Å²) >= 11 is 0. The van der Waals surface area contributed by atoms with Crippen molar-refractivity contribution < 1.29 is 0 Å². The Bertz CT molecular complexity index is 356. The van der Waals surface area contributed by atoms with Crippen LogP contribution in [0.3, 0.4) is 0 Å². The molecule has 1 aliphatic heterocycles. The van der Waals surface area contributed by atoms with Crippen LogP contribution in [0.5, 0.6) is 0 Å². The van der Waals surface area contributed by atoms with E-state index in [2.05, 4.69) is 35.2 Å². The van der Waals surface area contributed by atoms with Crippen LogP contribution >= 0.6 is 0 Å². The highest BCUT2D eigenvalue weighted by atomic mass is 15.2. The second-order valence-corrected chi connectivity index (χ2v) is 5.48. The molecular formula is C14H20N2. The lowest BCUT2D eigenvalue weighted by molar-refractivity contribution is 0.122. The summed E-state index contributed by atoms with van der Waals surface area (Å²) in [7, 11) is 0. The SMILES string of the molecule is NC1CN(Cc2ccccc2)CC12CCC2. The molecule has 1 aromatic carbocycles. The lowest BCUT2D eigenvalue weighted by Gasteiger charge is -2.41. The van der Waals surface area contributed by atoms with Crippen LogP contribution in [0.1, 0.15) is 24.8 Å². The first-order valence-corrected chi connectivity index (χ1v) is 6.30. The van der Waals surface area contributed by atoms with Crippen LogP contribution in [0.25, 0.3) is 0 Å². The highest BCUT2D eigenvalue weighted by molar-refractivity contribution is 5.15. The van der Waals surface area contributed by atoms with Crippen molar-refractivity contribution >= 4 is 0 Å². The van der Waals surface area contributed by atoms with E-state index >= 15 is 0 Å². The minimum Gasteiger partial charge on any atom is -0.326 e. The van der Waals surface area contributed by atoms with Gasteiger partial charge in [0.15, 0.2) is 0 Å². The summed E-state index contributed by atoms with van der Waals surface area (Å²) in [6.45, 7) is 3.36. The number of hydrogen-bond acceptors (Lipinski definition) is 2. The molecule has 2 nitrogen and oxygen atoms in total. The molecular weight excluding hydrogens is 196 g/mol. The normalized spacial score (nSPS) is 28.2. The second kappa shape index (κ2) is 3.86. The highest BCUT2D eigenvalue weighted by Crippen LogP contribution is 2.47. The molecule has 0 aromatic heterocycles. The molecule has 1 saturated carbocycles. The maximum atomic E-state index is 6.28. The van der Waals surface area contributed by atoms with Crippen LogP contribution in [-0.4, -0.2) is 24.0 Å². The van der Waals surface area contributed by atoms with Crippen LogP contribution < -0.4 is 5.73 Å². The number of nitrogens with two attached hydrogens (primary N) is 1. The fourth-order valence-corrected chi connectivity index (χ4v) is 3.22. The Kier molecular flexibility index (Phi) is 2.49. The molecule has 16 heavy (non-hydrogen) atoms. The quantitative estimate of drug-likeness (QED) is 0.819. The third-order valence-corrected chi connectivity index (χ3v) is 4.38. The van der Waals surface area contributed by atoms with Crippen molar-refractivity contribution in [1.29, 1.82) is 0 Å². The molecule has 3 rings (SSSR count). The van der Waals surface area contributed by atoms with E-state index in [1.807, 2.05) is 0 Å². The Morgan fingerprint density at radius 3 is 2.56 bits per heavy atom. The Hall–Kier alpha value is -0.860. The van der Waals surface area contributed by atoms with Gasteiger partial charge in [0.25, 0.3) is 0 Å². The molecule has 1 spiro atoms. The Balaban J connectivity index is 1.66. The van der Waals surface area contributed by atoms with E-state index in [9.17, 15) is 0 Å². The van der Waals surface area contributed by atoms with Gasteiger partial charge in [-0.2, -0.15) is 0 Å². The van der Waals surface area contributed by atoms with Gasteiger partial charge < -0.3 is 5.73 Å². The summed E-state index contributed by atoms with van der Waals surface area (Å²) in [6.07, 6.45) is 4.08. The third kappa shape index (κ3) is 1.66. The predicted octanol–water partition coefficient (Wildman–Crippen LogP) is 2.00. The van der Waals surface area contributed by atoms with Gasteiger partial charge in [0.1, 0.15) is 0 Å². The fraction of sp³-hybridized carbons (Fsp3) is 0.571. The van der Waals surface area contributed by atoms with Crippen molar-refractivity contribution in [1.82, 2.24) is 4.90 Å². The summed E-state index contributed by atoms with van der Waals surface area (Å²) < 4.78 is 0. The highest BCUT2D eigenvalue weighted by Gasteiger charge is 2.48. The smallest absolute Gasteiger partial charge is 0.0237 e. The van der Waals surface area contributed by atoms with Gasteiger partial charge in [-0.1, -0.05) is 36.8 Å². The molecule has 2 fully saturated rings. The standard InChI is InChI=1S/C14H20N2/c15-13-10-16(11-14(13)7-4-8-14)9-12-5-2-1-3-6-12/h1-3,5-6,13H,4,7-11,15H2. The molecule has 86 valence electrons. The fourth-order valence-electron chi connectivity index (χ4n) is 3.22. The van der Waals surface area contributed by atoms with E-state index in [0.29, 0.717) is 11.5 Å². The van der Waals surface area contributed by atoms with Crippen LogP contribution in [0.15, 0.2) is 30.3 Å². The van der Waals surface area contributed by atoms with Gasteiger partial charge in [0, 0.05) is 25.7 Å². The van der Waals surface area contributed by atoms with Crippen molar-refractivity contribution in [2.75, 3.05) is 13.1 Å². The van der Waals surface area contributed by atoms with Gasteiger partial charge in [-0.25, -0.2) is 0 Å². The zero-order valence-electron chi connectivity index (χ0n) is 9.73. The minimum atomic E-state index is 0.407. The van der Waals surface area contributed by atoms with Gasteiger partial charge in [-0.15, -0.1) is 0 Å². The molecule has 0 amide bonds. The largest absolute Gasteiger partial charge is 0.326 e. The van der Waals surface area contributed by atoms with Crippen molar-refractivity contribution in [2.45, 2.75) is 31.8 Å². The first-order chi connectivity index (χ1) is 7.78. The Morgan fingerprint density at radius 2 is 2.00 bits per heavy atom. The lowest BCUT2D eigenvalue weighted by atomic mass is 9.66. The zero-order valence-corrected chi connectivity index (χ0v) is 9.73. The van der Waals surface area contributed by atoms with Gasteiger partial charge in [-0.3, -0.25) is 4.90 Å². The predicted molar refractivity (Wildman–Crippen MR) is 66.0 cm³/mol. The van der Waals surface area contributed by atoms with E-state index in [0.717, 1.165) is 13.1 Å². The van der Waals surface area contributed by atoms with Gasteiger partial charge in [0.05, 0.1) is 0 Å². The average molecular weight is 216 g/mol. The van der Waals surface area contributed by atoms with E-state index < -0.39 is 0 Å². The Morgan fingerprint density at radius 1 is 1.25 bits per heavy atom. The molecule has 1 aliphatic carbocycles. The van der Waals surface area contributed by atoms with Crippen molar-refractivity contribution in [3.8, 4) is 0 Å². The van der Waals surface area contributed by atoms with E-state index in [1.54, 1.807) is 0 Å². The van der Waals surface area contributed by atoms with Crippen molar-refractivity contribution in [3.05, 3.63) is 35.9 Å². The van der Waals surface area contributed by atoms with Crippen LogP contribution in [0.4, 0.5) is 0 Å². The minimum absolute atomic E-state index is 0.407. The summed E-state index contributed by atoms with van der Waals surface area (Å²) in [5.41, 5.74) is 8.17. The monoisotopic (exact) mass is 216 g/mol. The zero-order chi connectivity index (χ0) is 11.0. The summed E-state index contributed by atoms with van der Waals surface area (Å²) in [5, 5.41) is 0. The Labute approximate surface area is 97.4 Å². The summed E-state index contributed by atoms with van der Waals surface area (Å²) in [5.74, 6) is 0.